The number of nitrogens with one attached hydrogen (secondary N) is 1. The molecule has 0 bridgehead atoms. The highest BCUT2D eigenvalue weighted by Crippen LogP contribution is 2.13. The third kappa shape index (κ3) is 1.68. The number of carbonyl (C=O) groups is 1. The maximum atomic E-state index is 10.4. The van der Waals surface area contributed by atoms with Crippen molar-refractivity contribution in [1.82, 2.24) is 5.32 Å². The zero-order valence-electron chi connectivity index (χ0n) is 6.63. The highest BCUT2D eigenvalue weighted by molar-refractivity contribution is 5.59. The van der Waals surface area contributed by atoms with Crippen LogP contribution in [0.5, 0.6) is 0 Å². The SMILES string of the molecule is CNC(C=O)c1ccc(C)o1. The minimum Gasteiger partial charge on any atom is -0.464 e. The first-order chi connectivity index (χ1) is 5.27. The van der Waals surface area contributed by atoms with Crippen molar-refractivity contribution in [2.75, 3.05) is 7.05 Å². The summed E-state index contributed by atoms with van der Waals surface area (Å²) in [6.07, 6.45) is 0.818. The third-order valence-corrected chi connectivity index (χ3v) is 1.51. The summed E-state index contributed by atoms with van der Waals surface area (Å²) in [5.74, 6) is 1.49. The minimum atomic E-state index is -0.316. The number of aryl methyl sites for hydroxylation is 1. The molecular formula is C8H11NO2. The molecular weight excluding hydrogens is 142 g/mol. The summed E-state index contributed by atoms with van der Waals surface area (Å²) in [5.41, 5.74) is 0. The molecule has 0 aliphatic rings. The highest BCUT2D eigenvalue weighted by atomic mass is 16.3. The number of hydrogen-bond acceptors (Lipinski definition) is 3. The van der Waals surface area contributed by atoms with Crippen LogP contribution in [0.1, 0.15) is 17.6 Å². The largest absolute Gasteiger partial charge is 0.464 e. The first-order valence-electron chi connectivity index (χ1n) is 3.47. The molecule has 0 fully saturated rings. The van der Waals surface area contributed by atoms with E-state index in [0.29, 0.717) is 5.76 Å². The predicted octanol–water partition coefficient (Wildman–Crippen LogP) is 1.05. The van der Waals surface area contributed by atoms with Crippen molar-refractivity contribution >= 4 is 6.29 Å². The molecule has 0 saturated carbocycles. The lowest BCUT2D eigenvalue weighted by Crippen LogP contribution is -2.16. The van der Waals surface area contributed by atoms with Gasteiger partial charge in [0.25, 0.3) is 0 Å². The van der Waals surface area contributed by atoms with E-state index in [1.165, 1.54) is 0 Å². The Kier molecular flexibility index (Phi) is 2.44. The summed E-state index contributed by atoms with van der Waals surface area (Å²) in [5, 5.41) is 2.82. The van der Waals surface area contributed by atoms with Gasteiger partial charge >= 0.3 is 0 Å². The van der Waals surface area contributed by atoms with E-state index in [2.05, 4.69) is 5.32 Å². The number of aldehydes is 1. The molecule has 1 atom stereocenters. The van der Waals surface area contributed by atoms with E-state index in [1.54, 1.807) is 13.1 Å². The monoisotopic (exact) mass is 153 g/mol. The smallest absolute Gasteiger partial charge is 0.144 e. The molecule has 3 nitrogen and oxygen atoms in total. The Bertz CT molecular complexity index is 242. The normalized spacial score (nSPS) is 12.9. The van der Waals surface area contributed by atoms with Crippen LogP contribution in [0.3, 0.4) is 0 Å². The Morgan fingerprint density at radius 3 is 2.73 bits per heavy atom. The Labute approximate surface area is 65.4 Å². The van der Waals surface area contributed by atoms with Crippen molar-refractivity contribution in [1.29, 1.82) is 0 Å². The fourth-order valence-corrected chi connectivity index (χ4v) is 0.898. The van der Waals surface area contributed by atoms with Crippen molar-refractivity contribution in [3.63, 3.8) is 0 Å². The van der Waals surface area contributed by atoms with Gasteiger partial charge in [-0.05, 0) is 26.1 Å². The minimum absolute atomic E-state index is 0.316. The van der Waals surface area contributed by atoms with E-state index in [0.717, 1.165) is 12.0 Å². The summed E-state index contributed by atoms with van der Waals surface area (Å²) >= 11 is 0. The molecule has 0 saturated heterocycles. The standard InChI is InChI=1S/C8H11NO2/c1-6-3-4-8(11-6)7(5-10)9-2/h3-5,7,9H,1-2H3. The highest BCUT2D eigenvalue weighted by Gasteiger charge is 2.10. The maximum Gasteiger partial charge on any atom is 0.144 e. The quantitative estimate of drug-likeness (QED) is 0.660. The van der Waals surface area contributed by atoms with Gasteiger partial charge < -0.3 is 14.5 Å². The Morgan fingerprint density at radius 2 is 2.36 bits per heavy atom. The molecule has 1 N–H and O–H groups in total. The Balaban J connectivity index is 2.81. The van der Waals surface area contributed by atoms with Gasteiger partial charge in [0.2, 0.25) is 0 Å². The fourth-order valence-electron chi connectivity index (χ4n) is 0.898. The van der Waals surface area contributed by atoms with Crippen LogP contribution in [-0.2, 0) is 4.79 Å². The lowest BCUT2D eigenvalue weighted by atomic mass is 10.2. The van der Waals surface area contributed by atoms with Crippen LogP contribution < -0.4 is 5.32 Å². The Hall–Kier alpha value is -1.09. The molecule has 1 rings (SSSR count). The zero-order chi connectivity index (χ0) is 8.27. The second-order valence-corrected chi connectivity index (χ2v) is 2.35. The molecule has 0 aliphatic heterocycles. The number of carbonyl (C=O) groups excluding carboxylic acids is 1. The van der Waals surface area contributed by atoms with Crippen LogP contribution in [-0.4, -0.2) is 13.3 Å². The zero-order valence-corrected chi connectivity index (χ0v) is 6.63. The average Bonchev–Trinajstić information content (AvgIpc) is 2.39. The van der Waals surface area contributed by atoms with Crippen LogP contribution in [0.2, 0.25) is 0 Å². The van der Waals surface area contributed by atoms with Crippen LogP contribution in [0.15, 0.2) is 16.5 Å². The van der Waals surface area contributed by atoms with E-state index in [9.17, 15) is 4.79 Å². The molecule has 1 aromatic heterocycles. The summed E-state index contributed by atoms with van der Waals surface area (Å²) < 4.78 is 5.23. The lowest BCUT2D eigenvalue weighted by Gasteiger charge is -2.03. The molecule has 0 amide bonds. The van der Waals surface area contributed by atoms with Gasteiger partial charge in [0, 0.05) is 0 Å². The van der Waals surface area contributed by atoms with Crippen molar-refractivity contribution in [3.8, 4) is 0 Å². The van der Waals surface area contributed by atoms with Gasteiger partial charge in [0.05, 0.1) is 0 Å². The maximum absolute atomic E-state index is 10.4. The molecule has 1 heterocycles. The van der Waals surface area contributed by atoms with Crippen molar-refractivity contribution in [2.24, 2.45) is 0 Å². The van der Waals surface area contributed by atoms with E-state index < -0.39 is 0 Å². The molecule has 0 spiro atoms. The van der Waals surface area contributed by atoms with Crippen LogP contribution >= 0.6 is 0 Å². The second kappa shape index (κ2) is 3.34. The van der Waals surface area contributed by atoms with E-state index in [1.807, 2.05) is 13.0 Å². The Morgan fingerprint density at radius 1 is 1.64 bits per heavy atom. The van der Waals surface area contributed by atoms with Gasteiger partial charge in [-0.1, -0.05) is 0 Å². The van der Waals surface area contributed by atoms with Gasteiger partial charge in [0.1, 0.15) is 23.8 Å². The van der Waals surface area contributed by atoms with E-state index in [-0.39, 0.29) is 6.04 Å². The van der Waals surface area contributed by atoms with Crippen LogP contribution in [0, 0.1) is 6.92 Å². The average molecular weight is 153 g/mol. The second-order valence-electron chi connectivity index (χ2n) is 2.35. The topological polar surface area (TPSA) is 42.2 Å². The van der Waals surface area contributed by atoms with Crippen LogP contribution in [0.4, 0.5) is 0 Å². The number of hydrogen-bond donors (Lipinski definition) is 1. The lowest BCUT2D eigenvalue weighted by molar-refractivity contribution is -0.109. The molecule has 0 aliphatic carbocycles. The molecule has 0 aromatic carbocycles. The van der Waals surface area contributed by atoms with Gasteiger partial charge in [0.15, 0.2) is 0 Å². The van der Waals surface area contributed by atoms with E-state index >= 15 is 0 Å². The van der Waals surface area contributed by atoms with Gasteiger partial charge in [-0.3, -0.25) is 0 Å². The van der Waals surface area contributed by atoms with Gasteiger partial charge in [-0.15, -0.1) is 0 Å². The van der Waals surface area contributed by atoms with Crippen molar-refractivity contribution in [2.45, 2.75) is 13.0 Å². The summed E-state index contributed by atoms with van der Waals surface area (Å²) in [6.45, 7) is 1.85. The first-order valence-corrected chi connectivity index (χ1v) is 3.47. The molecule has 0 radical (unpaired) electrons. The van der Waals surface area contributed by atoms with Gasteiger partial charge in [-0.25, -0.2) is 0 Å². The molecule has 11 heavy (non-hydrogen) atoms. The molecule has 1 unspecified atom stereocenters. The van der Waals surface area contributed by atoms with Crippen molar-refractivity contribution in [3.05, 3.63) is 23.7 Å². The van der Waals surface area contributed by atoms with Crippen LogP contribution in [0.25, 0.3) is 0 Å². The van der Waals surface area contributed by atoms with E-state index in [4.69, 9.17) is 4.42 Å². The summed E-state index contributed by atoms with van der Waals surface area (Å²) in [4.78, 5) is 10.4. The first kappa shape index (κ1) is 8.01. The third-order valence-electron chi connectivity index (χ3n) is 1.51. The molecule has 1 aromatic rings. The molecule has 3 heteroatoms. The predicted molar refractivity (Wildman–Crippen MR) is 41.3 cm³/mol. The van der Waals surface area contributed by atoms with Gasteiger partial charge in [-0.2, -0.15) is 0 Å². The molecule has 60 valence electrons. The summed E-state index contributed by atoms with van der Waals surface area (Å²) in [6, 6.07) is 3.32. The number of likely N-dealkylation sites (N-methyl/N-ethyl adjacent to an activating group) is 1. The number of rotatable bonds is 3. The fraction of sp³-hybridized carbons (Fsp3) is 0.375. The number of furan rings is 1. The summed E-state index contributed by atoms with van der Waals surface area (Å²) in [7, 11) is 1.72. The van der Waals surface area contributed by atoms with Crippen molar-refractivity contribution < 1.29 is 9.21 Å².